The Hall–Kier alpha value is -3.36. The van der Waals surface area contributed by atoms with Crippen LogP contribution in [-0.4, -0.2) is 79.7 Å². The summed E-state index contributed by atoms with van der Waals surface area (Å²) in [6.45, 7) is 8.62. The van der Waals surface area contributed by atoms with Crippen LogP contribution in [0.2, 0.25) is 0 Å². The molecule has 0 spiro atoms. The van der Waals surface area contributed by atoms with E-state index in [0.29, 0.717) is 49.8 Å². The number of ether oxygens (including phenoxy) is 3. The average Bonchev–Trinajstić information content (AvgIpc) is 3.14. The molecule has 1 amide bonds. The maximum atomic E-state index is 13.3. The van der Waals surface area contributed by atoms with Crippen LogP contribution in [0, 0.1) is 6.92 Å². The Labute approximate surface area is 212 Å². The van der Waals surface area contributed by atoms with Crippen molar-refractivity contribution >= 4 is 17.4 Å². The van der Waals surface area contributed by atoms with Gasteiger partial charge in [0.2, 0.25) is 0 Å². The molecule has 1 N–H and O–H groups in total. The number of benzene rings is 2. The van der Waals surface area contributed by atoms with Crippen molar-refractivity contribution in [1.29, 1.82) is 0 Å². The highest BCUT2D eigenvalue weighted by atomic mass is 16.5. The SMILES string of the molecule is CCOc1ccc(C2/C(=C(/O)c3ccc(OC)cc3C)C(=O)C(=O)N2CCCN2CCOCC2)cc1. The fourth-order valence-electron chi connectivity index (χ4n) is 4.83. The second-order valence-electron chi connectivity index (χ2n) is 8.98. The van der Waals surface area contributed by atoms with E-state index in [1.165, 1.54) is 0 Å². The first kappa shape index (κ1) is 25.7. The number of aliphatic hydroxyl groups excluding tert-OH is 1. The number of hydrogen-bond acceptors (Lipinski definition) is 7. The number of aryl methyl sites for hydroxylation is 1. The van der Waals surface area contributed by atoms with E-state index < -0.39 is 17.7 Å². The molecule has 0 saturated carbocycles. The molecule has 192 valence electrons. The maximum absolute atomic E-state index is 13.3. The standard InChI is InChI=1S/C28H34N2O6/c1-4-36-21-8-6-20(7-9-21)25-24(26(31)23-11-10-22(34-3)18-19(23)2)27(32)28(33)30(25)13-5-12-29-14-16-35-17-15-29/h6-11,18,25,31H,4-5,12-17H2,1-3H3/b26-24-. The first-order chi connectivity index (χ1) is 17.4. The van der Waals surface area contributed by atoms with E-state index in [1.54, 1.807) is 30.2 Å². The molecule has 2 fully saturated rings. The lowest BCUT2D eigenvalue weighted by atomic mass is 9.93. The highest BCUT2D eigenvalue weighted by Crippen LogP contribution is 2.40. The number of likely N-dealkylation sites (tertiary alicyclic amines) is 1. The summed E-state index contributed by atoms with van der Waals surface area (Å²) in [7, 11) is 1.57. The molecule has 2 aliphatic heterocycles. The minimum atomic E-state index is -0.688. The third kappa shape index (κ3) is 5.39. The predicted octanol–water partition coefficient (Wildman–Crippen LogP) is 3.55. The maximum Gasteiger partial charge on any atom is 0.295 e. The van der Waals surface area contributed by atoms with Gasteiger partial charge in [0.05, 0.1) is 38.5 Å². The summed E-state index contributed by atoms with van der Waals surface area (Å²) in [5.74, 6) is -0.0909. The number of amides is 1. The number of carbonyl (C=O) groups is 2. The van der Waals surface area contributed by atoms with Crippen LogP contribution in [0.3, 0.4) is 0 Å². The Bertz CT molecular complexity index is 1120. The summed E-state index contributed by atoms with van der Waals surface area (Å²) in [4.78, 5) is 30.4. The van der Waals surface area contributed by atoms with Crippen molar-refractivity contribution in [2.24, 2.45) is 0 Å². The number of hydrogen-bond donors (Lipinski definition) is 1. The Balaban J connectivity index is 1.69. The molecule has 2 heterocycles. The van der Waals surface area contributed by atoms with Gasteiger partial charge >= 0.3 is 0 Å². The normalized spacial score (nSPS) is 20.1. The van der Waals surface area contributed by atoms with E-state index in [2.05, 4.69) is 4.90 Å². The predicted molar refractivity (Wildman–Crippen MR) is 136 cm³/mol. The molecule has 2 saturated heterocycles. The third-order valence-electron chi connectivity index (χ3n) is 6.71. The van der Waals surface area contributed by atoms with Gasteiger partial charge in [0.25, 0.3) is 11.7 Å². The van der Waals surface area contributed by atoms with Crippen molar-refractivity contribution in [3.05, 3.63) is 64.7 Å². The first-order valence-corrected chi connectivity index (χ1v) is 12.4. The van der Waals surface area contributed by atoms with Crippen LogP contribution in [0.4, 0.5) is 0 Å². The molecular formula is C28H34N2O6. The summed E-state index contributed by atoms with van der Waals surface area (Å²) in [5, 5.41) is 11.4. The van der Waals surface area contributed by atoms with E-state index in [-0.39, 0.29) is 11.3 Å². The monoisotopic (exact) mass is 494 g/mol. The van der Waals surface area contributed by atoms with E-state index in [1.807, 2.05) is 38.1 Å². The lowest BCUT2D eigenvalue weighted by Gasteiger charge is -2.29. The van der Waals surface area contributed by atoms with E-state index in [9.17, 15) is 14.7 Å². The summed E-state index contributed by atoms with van der Waals surface area (Å²) in [6.07, 6.45) is 0.710. The number of morpholine rings is 1. The van der Waals surface area contributed by atoms with Crippen LogP contribution in [0.1, 0.15) is 36.1 Å². The largest absolute Gasteiger partial charge is 0.507 e. The number of aliphatic hydroxyl groups is 1. The van der Waals surface area contributed by atoms with Gasteiger partial charge in [-0.2, -0.15) is 0 Å². The Morgan fingerprint density at radius 1 is 1.06 bits per heavy atom. The van der Waals surface area contributed by atoms with Crippen molar-refractivity contribution in [2.45, 2.75) is 26.3 Å². The van der Waals surface area contributed by atoms with Gasteiger partial charge in [-0.05, 0) is 61.7 Å². The van der Waals surface area contributed by atoms with Gasteiger partial charge in [-0.15, -0.1) is 0 Å². The lowest BCUT2D eigenvalue weighted by Crippen LogP contribution is -2.38. The molecule has 1 unspecified atom stereocenters. The van der Waals surface area contributed by atoms with Gasteiger partial charge in [-0.1, -0.05) is 12.1 Å². The summed E-state index contributed by atoms with van der Waals surface area (Å²) >= 11 is 0. The van der Waals surface area contributed by atoms with E-state index >= 15 is 0 Å². The molecule has 0 aromatic heterocycles. The third-order valence-corrected chi connectivity index (χ3v) is 6.71. The van der Waals surface area contributed by atoms with Crippen LogP contribution in [0.5, 0.6) is 11.5 Å². The molecule has 2 aliphatic rings. The first-order valence-electron chi connectivity index (χ1n) is 12.4. The molecular weight excluding hydrogens is 460 g/mol. The molecule has 1 atom stereocenters. The number of carbonyl (C=O) groups excluding carboxylic acids is 2. The molecule has 0 bridgehead atoms. The summed E-state index contributed by atoms with van der Waals surface area (Å²) in [5.41, 5.74) is 2.09. The topological polar surface area (TPSA) is 88.5 Å². The van der Waals surface area contributed by atoms with Gasteiger partial charge in [-0.25, -0.2) is 0 Å². The van der Waals surface area contributed by atoms with Crippen molar-refractivity contribution in [3.8, 4) is 11.5 Å². The second-order valence-corrected chi connectivity index (χ2v) is 8.98. The smallest absolute Gasteiger partial charge is 0.295 e. The van der Waals surface area contributed by atoms with E-state index in [4.69, 9.17) is 14.2 Å². The van der Waals surface area contributed by atoms with Crippen LogP contribution in [-0.2, 0) is 14.3 Å². The van der Waals surface area contributed by atoms with Crippen molar-refractivity contribution in [1.82, 2.24) is 9.80 Å². The Kier molecular flexibility index (Phi) is 8.28. The highest BCUT2D eigenvalue weighted by Gasteiger charge is 2.46. The van der Waals surface area contributed by atoms with Crippen LogP contribution in [0.25, 0.3) is 5.76 Å². The zero-order chi connectivity index (χ0) is 25.7. The number of rotatable bonds is 9. The molecule has 8 heteroatoms. The number of ketones is 1. The zero-order valence-corrected chi connectivity index (χ0v) is 21.2. The summed E-state index contributed by atoms with van der Waals surface area (Å²) < 4.78 is 16.3. The quantitative estimate of drug-likeness (QED) is 0.324. The molecule has 0 radical (unpaired) electrons. The van der Waals surface area contributed by atoms with Gasteiger partial charge in [0.1, 0.15) is 17.3 Å². The Morgan fingerprint density at radius 3 is 2.39 bits per heavy atom. The van der Waals surface area contributed by atoms with Crippen LogP contribution >= 0.6 is 0 Å². The Morgan fingerprint density at radius 2 is 1.75 bits per heavy atom. The molecule has 2 aromatic rings. The minimum Gasteiger partial charge on any atom is -0.507 e. The molecule has 36 heavy (non-hydrogen) atoms. The molecule has 2 aromatic carbocycles. The van der Waals surface area contributed by atoms with Crippen molar-refractivity contribution in [3.63, 3.8) is 0 Å². The zero-order valence-electron chi connectivity index (χ0n) is 21.2. The summed E-state index contributed by atoms with van der Waals surface area (Å²) in [6, 6.07) is 11.9. The fourth-order valence-corrected chi connectivity index (χ4v) is 4.83. The van der Waals surface area contributed by atoms with Gasteiger partial charge in [-0.3, -0.25) is 14.5 Å². The number of methoxy groups -OCH3 is 1. The minimum absolute atomic E-state index is 0.101. The molecule has 0 aliphatic carbocycles. The molecule has 4 rings (SSSR count). The lowest BCUT2D eigenvalue weighted by molar-refractivity contribution is -0.140. The number of Topliss-reactive ketones (excluding diaryl/α,β-unsaturated/α-hetero) is 1. The van der Waals surface area contributed by atoms with Crippen molar-refractivity contribution < 1.29 is 28.9 Å². The highest BCUT2D eigenvalue weighted by molar-refractivity contribution is 6.46. The van der Waals surface area contributed by atoms with Gasteiger partial charge in [0.15, 0.2) is 0 Å². The molecule has 8 nitrogen and oxygen atoms in total. The number of nitrogens with zero attached hydrogens (tertiary/aromatic N) is 2. The van der Waals surface area contributed by atoms with Gasteiger partial charge in [0, 0.05) is 31.7 Å². The van der Waals surface area contributed by atoms with E-state index in [0.717, 1.165) is 30.8 Å². The fraction of sp³-hybridized carbons (Fsp3) is 0.429. The average molecular weight is 495 g/mol. The van der Waals surface area contributed by atoms with Crippen LogP contribution < -0.4 is 9.47 Å². The van der Waals surface area contributed by atoms with Crippen molar-refractivity contribution in [2.75, 3.05) is 53.1 Å². The van der Waals surface area contributed by atoms with Crippen LogP contribution in [0.15, 0.2) is 48.0 Å². The van der Waals surface area contributed by atoms with Gasteiger partial charge < -0.3 is 24.2 Å². The second kappa shape index (κ2) is 11.6.